The molecular formula is C17H23N3O7S. The molecule has 0 bridgehead atoms. The van der Waals surface area contributed by atoms with E-state index >= 15 is 0 Å². The number of amides is 2. The molecule has 3 aliphatic heterocycles. The van der Waals surface area contributed by atoms with E-state index in [0.29, 0.717) is 5.13 Å². The minimum Gasteiger partial charge on any atom is -0.345 e. The van der Waals surface area contributed by atoms with Crippen LogP contribution in [0.3, 0.4) is 0 Å². The summed E-state index contributed by atoms with van der Waals surface area (Å²) in [6.07, 6.45) is -1.92. The van der Waals surface area contributed by atoms with E-state index in [2.05, 4.69) is 15.6 Å². The number of rotatable bonds is 4. The Hall–Kier alpha value is -1.63. The van der Waals surface area contributed by atoms with Crippen molar-refractivity contribution in [2.75, 3.05) is 11.9 Å². The Bertz CT molecular complexity index is 754. The number of fused-ring (bicyclic) bond motifs is 3. The maximum atomic E-state index is 12.7. The first kappa shape index (κ1) is 19.7. The van der Waals surface area contributed by atoms with Gasteiger partial charge >= 0.3 is 0 Å². The SMILES string of the molecule is CC1(C)O[C@H]2[C@@H](O1)[C@H](C(=O)NCC(=O)Nc1nccs1)O[C@@H]1OC(C)(C)O[C@@H]12. The van der Waals surface area contributed by atoms with Crippen molar-refractivity contribution in [1.82, 2.24) is 10.3 Å². The normalized spacial score (nSPS) is 35.1. The third-order valence-electron chi connectivity index (χ3n) is 4.51. The largest absolute Gasteiger partial charge is 0.345 e. The van der Waals surface area contributed by atoms with E-state index in [0.717, 1.165) is 0 Å². The van der Waals surface area contributed by atoms with Crippen LogP contribution >= 0.6 is 11.3 Å². The minimum atomic E-state index is -1.00. The summed E-state index contributed by atoms with van der Waals surface area (Å²) in [7, 11) is 0. The van der Waals surface area contributed by atoms with Crippen LogP contribution in [0.5, 0.6) is 0 Å². The number of ether oxygens (including phenoxy) is 5. The molecule has 5 atom stereocenters. The number of anilines is 1. The quantitative estimate of drug-likeness (QED) is 0.737. The Morgan fingerprint density at radius 1 is 1.07 bits per heavy atom. The van der Waals surface area contributed by atoms with Gasteiger partial charge in [-0.15, -0.1) is 11.3 Å². The molecule has 0 spiro atoms. The maximum absolute atomic E-state index is 12.7. The fraction of sp³-hybridized carbons (Fsp3) is 0.706. The first-order valence-electron chi connectivity index (χ1n) is 8.97. The zero-order valence-corrected chi connectivity index (χ0v) is 16.8. The Morgan fingerprint density at radius 3 is 2.46 bits per heavy atom. The van der Waals surface area contributed by atoms with Gasteiger partial charge in [0.05, 0.1) is 6.54 Å². The van der Waals surface area contributed by atoms with Gasteiger partial charge in [-0.05, 0) is 27.7 Å². The standard InChI is InChI=1S/C17H23N3O7S/c1-16(2)24-9-10(25-16)12-14(27-17(3,4)26-12)23-11(9)13(22)19-7-8(21)20-15-18-5-6-28-15/h5-6,9-12,14H,7H2,1-4H3,(H,19,22)(H,18,20,21)/t9-,10+,11-,12-,14-/m1/s1. The van der Waals surface area contributed by atoms with Crippen LogP contribution in [-0.4, -0.2) is 65.6 Å². The molecule has 0 unspecified atom stereocenters. The summed E-state index contributed by atoms with van der Waals surface area (Å²) in [5.41, 5.74) is 0. The molecule has 4 rings (SSSR count). The van der Waals surface area contributed by atoms with Crippen molar-refractivity contribution in [1.29, 1.82) is 0 Å². The second kappa shape index (κ2) is 7.01. The van der Waals surface area contributed by atoms with Gasteiger partial charge in [-0.2, -0.15) is 0 Å². The highest BCUT2D eigenvalue weighted by molar-refractivity contribution is 7.13. The van der Waals surface area contributed by atoms with Crippen LogP contribution in [0, 0.1) is 0 Å². The van der Waals surface area contributed by atoms with Crippen molar-refractivity contribution < 1.29 is 33.3 Å². The van der Waals surface area contributed by atoms with Gasteiger partial charge in [-0.1, -0.05) is 0 Å². The van der Waals surface area contributed by atoms with Gasteiger partial charge in [-0.25, -0.2) is 4.98 Å². The molecule has 0 aromatic carbocycles. The molecule has 10 nitrogen and oxygen atoms in total. The van der Waals surface area contributed by atoms with Crippen molar-refractivity contribution in [2.45, 2.75) is 70.0 Å². The van der Waals surface area contributed by atoms with Gasteiger partial charge in [0.1, 0.15) is 18.3 Å². The Labute approximate surface area is 165 Å². The van der Waals surface area contributed by atoms with Crippen LogP contribution in [0.2, 0.25) is 0 Å². The molecule has 1 aromatic heterocycles. The number of carbonyl (C=O) groups is 2. The van der Waals surface area contributed by atoms with Crippen LogP contribution < -0.4 is 10.6 Å². The highest BCUT2D eigenvalue weighted by atomic mass is 32.1. The number of hydrogen-bond donors (Lipinski definition) is 2. The Kier molecular flexibility index (Phi) is 4.92. The summed E-state index contributed by atoms with van der Waals surface area (Å²) >= 11 is 1.29. The van der Waals surface area contributed by atoms with E-state index in [-0.39, 0.29) is 12.5 Å². The molecule has 1 aromatic rings. The fourth-order valence-corrected chi connectivity index (χ4v) is 4.09. The lowest BCUT2D eigenvalue weighted by atomic mass is 9.98. The van der Waals surface area contributed by atoms with Gasteiger partial charge in [0.2, 0.25) is 5.91 Å². The minimum absolute atomic E-state index is 0.225. The van der Waals surface area contributed by atoms with E-state index in [4.69, 9.17) is 23.7 Å². The van der Waals surface area contributed by atoms with E-state index in [1.165, 1.54) is 11.3 Å². The third kappa shape index (κ3) is 3.91. The van der Waals surface area contributed by atoms with Crippen molar-refractivity contribution >= 4 is 28.3 Å². The average molecular weight is 413 g/mol. The van der Waals surface area contributed by atoms with Crippen molar-refractivity contribution in [3.8, 4) is 0 Å². The summed E-state index contributed by atoms with van der Waals surface area (Å²) in [5, 5.41) is 7.38. The van der Waals surface area contributed by atoms with Gasteiger partial charge in [0, 0.05) is 11.6 Å². The van der Waals surface area contributed by atoms with Crippen LogP contribution in [0.15, 0.2) is 11.6 Å². The molecule has 28 heavy (non-hydrogen) atoms. The monoisotopic (exact) mass is 413 g/mol. The van der Waals surface area contributed by atoms with Crippen molar-refractivity contribution in [3.63, 3.8) is 0 Å². The van der Waals surface area contributed by atoms with Gasteiger partial charge < -0.3 is 34.3 Å². The molecule has 3 saturated heterocycles. The predicted octanol–water partition coefficient (Wildman–Crippen LogP) is 0.594. The lowest BCUT2D eigenvalue weighted by Crippen LogP contribution is -2.59. The molecule has 0 saturated carbocycles. The number of hydrogen-bond acceptors (Lipinski definition) is 9. The highest BCUT2D eigenvalue weighted by Crippen LogP contribution is 2.44. The first-order valence-corrected chi connectivity index (χ1v) is 9.85. The van der Waals surface area contributed by atoms with Crippen LogP contribution in [0.1, 0.15) is 27.7 Å². The number of thiazole rings is 1. The van der Waals surface area contributed by atoms with E-state index < -0.39 is 48.2 Å². The Balaban J connectivity index is 1.42. The smallest absolute Gasteiger partial charge is 0.252 e. The highest BCUT2D eigenvalue weighted by Gasteiger charge is 2.62. The van der Waals surface area contributed by atoms with Crippen LogP contribution in [0.4, 0.5) is 5.13 Å². The summed E-state index contributed by atoms with van der Waals surface area (Å²) in [5.74, 6) is -2.64. The topological polar surface area (TPSA) is 117 Å². The second-order valence-electron chi connectivity index (χ2n) is 7.69. The van der Waals surface area contributed by atoms with Gasteiger partial charge in [0.15, 0.2) is 29.1 Å². The number of aromatic nitrogens is 1. The predicted molar refractivity (Wildman–Crippen MR) is 96.3 cm³/mol. The molecule has 4 heterocycles. The summed E-state index contributed by atoms with van der Waals surface area (Å²) in [6.45, 7) is 6.83. The van der Waals surface area contributed by atoms with Gasteiger partial charge in [-0.3, -0.25) is 9.59 Å². The summed E-state index contributed by atoms with van der Waals surface area (Å²) in [6, 6.07) is 0. The maximum Gasteiger partial charge on any atom is 0.252 e. The zero-order valence-electron chi connectivity index (χ0n) is 16.0. The van der Waals surface area contributed by atoms with Gasteiger partial charge in [0.25, 0.3) is 5.91 Å². The molecule has 0 aliphatic carbocycles. The Morgan fingerprint density at radius 2 is 1.75 bits per heavy atom. The van der Waals surface area contributed by atoms with Crippen molar-refractivity contribution in [3.05, 3.63) is 11.6 Å². The number of nitrogens with one attached hydrogen (secondary N) is 2. The van der Waals surface area contributed by atoms with E-state index in [9.17, 15) is 9.59 Å². The molecule has 2 amide bonds. The number of nitrogens with zero attached hydrogens (tertiary/aromatic N) is 1. The zero-order chi connectivity index (χ0) is 20.1. The van der Waals surface area contributed by atoms with Crippen LogP contribution in [0.25, 0.3) is 0 Å². The lowest BCUT2D eigenvalue weighted by Gasteiger charge is -2.36. The van der Waals surface area contributed by atoms with Crippen molar-refractivity contribution in [2.24, 2.45) is 0 Å². The van der Waals surface area contributed by atoms with E-state index in [1.54, 1.807) is 39.3 Å². The summed E-state index contributed by atoms with van der Waals surface area (Å²) in [4.78, 5) is 28.7. The molecule has 2 N–H and O–H groups in total. The molecule has 3 aliphatic rings. The fourth-order valence-electron chi connectivity index (χ4n) is 3.54. The summed E-state index contributed by atoms with van der Waals surface area (Å²) < 4.78 is 29.4. The molecule has 154 valence electrons. The first-order chi connectivity index (χ1) is 13.1. The third-order valence-corrected chi connectivity index (χ3v) is 5.20. The molecule has 3 fully saturated rings. The van der Waals surface area contributed by atoms with E-state index in [1.807, 2.05) is 0 Å². The molecule has 0 radical (unpaired) electrons. The second-order valence-corrected chi connectivity index (χ2v) is 8.59. The van der Waals surface area contributed by atoms with Crippen LogP contribution in [-0.2, 0) is 33.3 Å². The average Bonchev–Trinajstić information content (AvgIpc) is 3.27. The lowest BCUT2D eigenvalue weighted by molar-refractivity contribution is -0.231. The number of carbonyl (C=O) groups excluding carboxylic acids is 2. The molecular weight excluding hydrogens is 390 g/mol. The molecule has 11 heteroatoms.